The van der Waals surface area contributed by atoms with Gasteiger partial charge in [-0.05, 0) is 26.0 Å². The fourth-order valence-electron chi connectivity index (χ4n) is 1.31. The van der Waals surface area contributed by atoms with Gasteiger partial charge in [-0.15, -0.1) is 0 Å². The van der Waals surface area contributed by atoms with Crippen molar-refractivity contribution in [1.82, 2.24) is 0 Å². The van der Waals surface area contributed by atoms with E-state index in [2.05, 4.69) is 0 Å². The van der Waals surface area contributed by atoms with E-state index in [1.54, 1.807) is 25.1 Å². The Morgan fingerprint density at radius 3 is 2.94 bits per heavy atom. The van der Waals surface area contributed by atoms with Crippen LogP contribution in [0.4, 0.5) is 0 Å². The summed E-state index contributed by atoms with van der Waals surface area (Å²) in [5, 5.41) is 9.54. The monoisotopic (exact) mass is 220 g/mol. The molecule has 0 atom stereocenters. The van der Waals surface area contributed by atoms with Crippen LogP contribution in [-0.2, 0) is 9.53 Å². The summed E-state index contributed by atoms with van der Waals surface area (Å²) >= 11 is 0. The van der Waals surface area contributed by atoms with Crippen molar-refractivity contribution in [2.24, 2.45) is 0 Å². The third-order valence-electron chi connectivity index (χ3n) is 2.07. The zero-order valence-corrected chi connectivity index (χ0v) is 9.56. The van der Waals surface area contributed by atoms with Crippen LogP contribution in [0.15, 0.2) is 24.3 Å². The summed E-state index contributed by atoms with van der Waals surface area (Å²) in [4.78, 5) is 11.0. The Balaban J connectivity index is 2.62. The number of hydrogen-bond donors (Lipinski definition) is 1. The number of aryl methyl sites for hydroxylation is 1. The molecule has 0 radical (unpaired) electrons. The number of esters is 1. The minimum Gasteiger partial charge on any atom is -0.507 e. The lowest BCUT2D eigenvalue weighted by Crippen LogP contribution is -2.01. The first-order chi connectivity index (χ1) is 7.63. The van der Waals surface area contributed by atoms with Crippen molar-refractivity contribution in [1.29, 1.82) is 0 Å². The molecule has 1 N–H and O–H groups in total. The van der Waals surface area contributed by atoms with Gasteiger partial charge in [0.05, 0.1) is 13.0 Å². The summed E-state index contributed by atoms with van der Waals surface area (Å²) in [6.45, 7) is 4.11. The summed E-state index contributed by atoms with van der Waals surface area (Å²) in [6.07, 6.45) is 3.63. The molecule has 86 valence electrons. The third-order valence-corrected chi connectivity index (χ3v) is 2.07. The first-order valence-electron chi connectivity index (χ1n) is 5.25. The number of rotatable bonds is 4. The zero-order chi connectivity index (χ0) is 12.0. The molecule has 0 saturated heterocycles. The van der Waals surface area contributed by atoms with Crippen LogP contribution >= 0.6 is 0 Å². The molecule has 1 rings (SSSR count). The summed E-state index contributed by atoms with van der Waals surface area (Å²) in [5.41, 5.74) is 1.78. The van der Waals surface area contributed by atoms with Crippen molar-refractivity contribution in [3.63, 3.8) is 0 Å². The first kappa shape index (κ1) is 12.3. The molecule has 0 aliphatic rings. The number of benzene rings is 1. The Kier molecular flexibility index (Phi) is 4.58. The molecule has 0 saturated carbocycles. The molecule has 0 bridgehead atoms. The van der Waals surface area contributed by atoms with Crippen molar-refractivity contribution < 1.29 is 14.6 Å². The van der Waals surface area contributed by atoms with Crippen LogP contribution in [0, 0.1) is 6.92 Å². The molecule has 3 nitrogen and oxygen atoms in total. The average Bonchev–Trinajstić information content (AvgIpc) is 2.23. The third kappa shape index (κ3) is 3.77. The van der Waals surface area contributed by atoms with Gasteiger partial charge >= 0.3 is 5.97 Å². The molecular weight excluding hydrogens is 204 g/mol. The maximum Gasteiger partial charge on any atom is 0.309 e. The number of aromatic hydroxyl groups is 1. The van der Waals surface area contributed by atoms with Crippen LogP contribution in [0.1, 0.15) is 24.5 Å². The van der Waals surface area contributed by atoms with Gasteiger partial charge in [-0.3, -0.25) is 4.79 Å². The van der Waals surface area contributed by atoms with E-state index in [-0.39, 0.29) is 18.1 Å². The molecule has 0 fully saturated rings. The minimum atomic E-state index is -0.258. The molecule has 0 heterocycles. The molecule has 0 aromatic heterocycles. The lowest BCUT2D eigenvalue weighted by Gasteiger charge is -2.00. The SMILES string of the molecule is CCOC(=O)CC=Cc1cc(C)ccc1O. The van der Waals surface area contributed by atoms with Gasteiger partial charge in [0.2, 0.25) is 0 Å². The predicted octanol–water partition coefficient (Wildman–Crippen LogP) is 2.67. The van der Waals surface area contributed by atoms with Crippen LogP contribution < -0.4 is 0 Å². The Morgan fingerprint density at radius 1 is 1.50 bits per heavy atom. The molecule has 0 spiro atoms. The zero-order valence-electron chi connectivity index (χ0n) is 9.56. The normalized spacial score (nSPS) is 10.6. The Hall–Kier alpha value is -1.77. The van der Waals surface area contributed by atoms with Gasteiger partial charge in [0.1, 0.15) is 5.75 Å². The molecule has 0 amide bonds. The average molecular weight is 220 g/mol. The molecule has 0 aliphatic carbocycles. The fourth-order valence-corrected chi connectivity index (χ4v) is 1.31. The molecule has 0 unspecified atom stereocenters. The summed E-state index contributed by atoms with van der Waals surface area (Å²) < 4.78 is 4.78. The molecule has 0 aliphatic heterocycles. The number of carbonyl (C=O) groups is 1. The lowest BCUT2D eigenvalue weighted by atomic mass is 10.1. The maximum atomic E-state index is 11.0. The largest absolute Gasteiger partial charge is 0.507 e. The second-order valence-corrected chi connectivity index (χ2v) is 3.47. The van der Waals surface area contributed by atoms with Gasteiger partial charge in [0.15, 0.2) is 0 Å². The highest BCUT2D eigenvalue weighted by Crippen LogP contribution is 2.19. The molecule has 3 heteroatoms. The second-order valence-electron chi connectivity index (χ2n) is 3.47. The molecule has 1 aromatic carbocycles. The van der Waals surface area contributed by atoms with Gasteiger partial charge in [0, 0.05) is 5.56 Å². The topological polar surface area (TPSA) is 46.5 Å². The van der Waals surface area contributed by atoms with Crippen molar-refractivity contribution >= 4 is 12.0 Å². The van der Waals surface area contributed by atoms with Crippen LogP contribution in [0.2, 0.25) is 0 Å². The van der Waals surface area contributed by atoms with E-state index in [0.29, 0.717) is 12.2 Å². The number of carbonyl (C=O) groups excluding carboxylic acids is 1. The van der Waals surface area contributed by atoms with E-state index >= 15 is 0 Å². The number of phenols is 1. The van der Waals surface area contributed by atoms with Gasteiger partial charge < -0.3 is 9.84 Å². The smallest absolute Gasteiger partial charge is 0.309 e. The second kappa shape index (κ2) is 5.95. The standard InChI is InChI=1S/C13H16O3/c1-3-16-13(15)6-4-5-11-9-10(2)7-8-12(11)14/h4-5,7-9,14H,3,6H2,1-2H3. The lowest BCUT2D eigenvalue weighted by molar-refractivity contribution is -0.142. The molecular formula is C13H16O3. The van der Waals surface area contributed by atoms with Gasteiger partial charge in [-0.1, -0.05) is 23.8 Å². The van der Waals surface area contributed by atoms with Crippen LogP contribution in [0.3, 0.4) is 0 Å². The van der Waals surface area contributed by atoms with E-state index in [0.717, 1.165) is 5.56 Å². The van der Waals surface area contributed by atoms with Gasteiger partial charge in [-0.2, -0.15) is 0 Å². The number of ether oxygens (including phenoxy) is 1. The minimum absolute atomic E-state index is 0.214. The molecule has 16 heavy (non-hydrogen) atoms. The highest BCUT2D eigenvalue weighted by Gasteiger charge is 1.99. The van der Waals surface area contributed by atoms with E-state index in [9.17, 15) is 9.90 Å². The fraction of sp³-hybridized carbons (Fsp3) is 0.308. The first-order valence-corrected chi connectivity index (χ1v) is 5.25. The van der Waals surface area contributed by atoms with Crippen LogP contribution in [0.5, 0.6) is 5.75 Å². The van der Waals surface area contributed by atoms with Crippen LogP contribution in [0.25, 0.3) is 6.08 Å². The maximum absolute atomic E-state index is 11.0. The van der Waals surface area contributed by atoms with Gasteiger partial charge in [-0.25, -0.2) is 0 Å². The number of phenolic OH excluding ortho intramolecular Hbond substituents is 1. The van der Waals surface area contributed by atoms with Crippen molar-refractivity contribution in [3.8, 4) is 5.75 Å². The summed E-state index contributed by atoms with van der Waals surface area (Å²) in [6, 6.07) is 5.33. The Bertz CT molecular complexity index is 394. The van der Waals surface area contributed by atoms with E-state index in [1.807, 2.05) is 19.1 Å². The summed E-state index contributed by atoms with van der Waals surface area (Å²) in [5.74, 6) is -0.0448. The highest BCUT2D eigenvalue weighted by atomic mass is 16.5. The van der Waals surface area contributed by atoms with Crippen molar-refractivity contribution in [3.05, 3.63) is 35.4 Å². The quantitative estimate of drug-likeness (QED) is 0.793. The van der Waals surface area contributed by atoms with Crippen LogP contribution in [-0.4, -0.2) is 17.7 Å². The van der Waals surface area contributed by atoms with Crippen molar-refractivity contribution in [2.75, 3.05) is 6.61 Å². The number of hydrogen-bond acceptors (Lipinski definition) is 3. The summed E-state index contributed by atoms with van der Waals surface area (Å²) in [7, 11) is 0. The predicted molar refractivity (Wildman–Crippen MR) is 63.1 cm³/mol. The Labute approximate surface area is 95.4 Å². The Morgan fingerprint density at radius 2 is 2.25 bits per heavy atom. The van der Waals surface area contributed by atoms with E-state index in [4.69, 9.17) is 4.74 Å². The van der Waals surface area contributed by atoms with E-state index < -0.39 is 0 Å². The van der Waals surface area contributed by atoms with Gasteiger partial charge in [0.25, 0.3) is 0 Å². The molecule has 1 aromatic rings. The van der Waals surface area contributed by atoms with E-state index in [1.165, 1.54) is 0 Å². The van der Waals surface area contributed by atoms with Crippen molar-refractivity contribution in [2.45, 2.75) is 20.3 Å². The highest BCUT2D eigenvalue weighted by molar-refractivity contribution is 5.73.